The minimum absolute atomic E-state index is 0. The molecule has 0 N–H and O–H groups in total. The van der Waals surface area contributed by atoms with Gasteiger partial charge in [-0.3, -0.25) is 0 Å². The third-order valence-corrected chi connectivity index (χ3v) is 0. The maximum Gasteiger partial charge on any atom is 3.00 e. The Morgan fingerprint density at radius 2 is 0.455 bits per heavy atom. The Hall–Kier alpha value is -1.21. The van der Waals surface area contributed by atoms with Gasteiger partial charge in [0.1, 0.15) is 0 Å². The third kappa shape index (κ3) is 4070. The zero-order valence-corrected chi connectivity index (χ0v) is 18.3. The second kappa shape index (κ2) is 36.7. The van der Waals surface area contributed by atoms with E-state index in [0.717, 1.165) is 34.6 Å². The molecule has 0 atom stereocenters. The quantitative estimate of drug-likeness (QED) is 0.299. The minimum atomic E-state index is -1.08. The maximum absolute atomic E-state index is 8.89. The normalized spacial score (nSPS) is 5.68. The van der Waals surface area contributed by atoms with Crippen LogP contribution in [0.3, 0.4) is 0 Å². The Labute approximate surface area is 157 Å². The van der Waals surface area contributed by atoms with E-state index in [4.69, 9.17) is 49.5 Å². The van der Waals surface area contributed by atoms with Gasteiger partial charge in [0.05, 0.1) is 0 Å². The topological polar surface area (TPSA) is 201 Å². The number of hydrogen-bond acceptors (Lipinski definition) is 10. The minimum Gasteiger partial charge on any atom is -0.550 e. The van der Waals surface area contributed by atoms with Crippen LogP contribution in [0.4, 0.5) is 0 Å². The number of aliphatic carboxylic acids is 5. The molecule has 0 spiro atoms. The standard InChI is InChI=1S/5C2H4O2.Sb.Zn/c5*1-2(3)4;;/h5*1H3,(H,3,4);;/q;;;;;+3;+2/p-5. The average molecular weight is 482 g/mol. The smallest absolute Gasteiger partial charge is 0.550 e. The molecular weight excluding hydrogens is 467 g/mol. The molecule has 0 aliphatic rings. The van der Waals surface area contributed by atoms with E-state index in [9.17, 15) is 0 Å². The third-order valence-electron chi connectivity index (χ3n) is 0. The molecule has 10 nitrogen and oxygen atoms in total. The number of carbonyl (C=O) groups excluding carboxylic acids is 5. The van der Waals surface area contributed by atoms with Crippen molar-refractivity contribution in [1.29, 1.82) is 0 Å². The van der Waals surface area contributed by atoms with Crippen LogP contribution in [0.15, 0.2) is 0 Å². The summed E-state index contributed by atoms with van der Waals surface area (Å²) < 4.78 is 0. The molecule has 12 heteroatoms. The van der Waals surface area contributed by atoms with Gasteiger partial charge in [-0.05, 0) is 34.6 Å². The molecule has 0 saturated carbocycles. The fourth-order valence-electron chi connectivity index (χ4n) is 0. The number of carbonyl (C=O) groups is 5. The van der Waals surface area contributed by atoms with Gasteiger partial charge in [0.15, 0.2) is 0 Å². The van der Waals surface area contributed by atoms with Crippen LogP contribution in [-0.4, -0.2) is 54.3 Å². The summed E-state index contributed by atoms with van der Waals surface area (Å²) in [4.78, 5) is 44.4. The summed E-state index contributed by atoms with van der Waals surface area (Å²) in [6.45, 7) is 4.86. The second-order valence-electron chi connectivity index (χ2n) is 2.46. The van der Waals surface area contributed by atoms with Gasteiger partial charge in [0.25, 0.3) is 0 Å². The van der Waals surface area contributed by atoms with Gasteiger partial charge < -0.3 is 49.5 Å². The number of hydrogen-bond donors (Lipinski definition) is 0. The van der Waals surface area contributed by atoms with Crippen LogP contribution in [0, 0.1) is 0 Å². The molecule has 0 aromatic rings. The molecule has 0 heterocycles. The Morgan fingerprint density at radius 3 is 0.455 bits per heavy atom. The zero-order chi connectivity index (χ0) is 17.9. The molecule has 0 aromatic carbocycles. The number of carboxylic acid groups (broad SMARTS) is 5. The first kappa shape index (κ1) is 42.8. The molecule has 0 rings (SSSR count). The largest absolute Gasteiger partial charge is 3.00 e. The molecule has 0 saturated heterocycles. The average Bonchev–Trinajstić information content (AvgIpc) is 1.94. The van der Waals surface area contributed by atoms with E-state index < -0.39 is 29.8 Å². The molecular formula is C10H15O10SbZn. The van der Waals surface area contributed by atoms with Crippen LogP contribution in [0.25, 0.3) is 0 Å². The molecule has 0 fully saturated rings. The van der Waals surface area contributed by atoms with Crippen LogP contribution < -0.4 is 25.5 Å². The van der Waals surface area contributed by atoms with Crippen LogP contribution in [0.5, 0.6) is 0 Å². The molecule has 0 unspecified atom stereocenters. The van der Waals surface area contributed by atoms with Crippen LogP contribution in [-0.2, 0) is 43.5 Å². The first-order valence-corrected chi connectivity index (χ1v) is 4.54. The van der Waals surface area contributed by atoms with Gasteiger partial charge in [0.2, 0.25) is 0 Å². The molecule has 0 aliphatic heterocycles. The predicted molar refractivity (Wildman–Crippen MR) is 59.2 cm³/mol. The van der Waals surface area contributed by atoms with E-state index in [1.54, 1.807) is 0 Å². The Bertz CT molecular complexity index is 216. The first-order chi connectivity index (χ1) is 8.66. The van der Waals surface area contributed by atoms with Gasteiger partial charge in [-0.1, -0.05) is 0 Å². The summed E-state index contributed by atoms with van der Waals surface area (Å²) in [6, 6.07) is 0. The second-order valence-corrected chi connectivity index (χ2v) is 2.46. The summed E-state index contributed by atoms with van der Waals surface area (Å²) >= 11 is 0. The van der Waals surface area contributed by atoms with Crippen LogP contribution in [0.2, 0.25) is 0 Å². The van der Waals surface area contributed by atoms with Crippen molar-refractivity contribution < 1.29 is 69.0 Å². The summed E-state index contributed by atoms with van der Waals surface area (Å²) in [7, 11) is 0. The van der Waals surface area contributed by atoms with E-state index in [0.29, 0.717) is 0 Å². The van der Waals surface area contributed by atoms with Gasteiger partial charge in [-0.15, -0.1) is 0 Å². The van der Waals surface area contributed by atoms with Gasteiger partial charge in [-0.2, -0.15) is 0 Å². The summed E-state index contributed by atoms with van der Waals surface area (Å²) in [5.74, 6) is -5.42. The molecule has 122 valence electrons. The molecule has 0 bridgehead atoms. The Balaban J connectivity index is -0.0000000250. The molecule has 2 radical (unpaired) electrons. The van der Waals surface area contributed by atoms with E-state index in [-0.39, 0.29) is 43.9 Å². The van der Waals surface area contributed by atoms with Crippen molar-refractivity contribution in [2.45, 2.75) is 34.6 Å². The van der Waals surface area contributed by atoms with Crippen molar-refractivity contribution in [1.82, 2.24) is 0 Å². The summed E-state index contributed by atoms with van der Waals surface area (Å²) in [6.07, 6.45) is 0. The van der Waals surface area contributed by atoms with Crippen molar-refractivity contribution in [2.24, 2.45) is 0 Å². The predicted octanol–water partition coefficient (Wildman–Crippen LogP) is -6.60. The van der Waals surface area contributed by atoms with E-state index in [1.165, 1.54) is 0 Å². The first-order valence-electron chi connectivity index (χ1n) is 4.54. The van der Waals surface area contributed by atoms with Gasteiger partial charge >= 0.3 is 43.9 Å². The van der Waals surface area contributed by atoms with E-state index >= 15 is 0 Å². The van der Waals surface area contributed by atoms with Crippen molar-refractivity contribution in [3.63, 3.8) is 0 Å². The fraction of sp³-hybridized carbons (Fsp3) is 0.500. The summed E-state index contributed by atoms with van der Waals surface area (Å²) in [5, 5.41) is 44.4. The molecule has 0 aromatic heterocycles. The van der Waals surface area contributed by atoms with Crippen molar-refractivity contribution >= 4 is 54.3 Å². The SMILES string of the molecule is CC(=O)[O-].CC(=O)[O-].CC(=O)[O-].CC(=O)[O-].CC(=O)[O-].[Sb+3].[Zn+2]. The molecule has 22 heavy (non-hydrogen) atoms. The van der Waals surface area contributed by atoms with Crippen molar-refractivity contribution in [3.05, 3.63) is 0 Å². The maximum atomic E-state index is 8.89. The van der Waals surface area contributed by atoms with E-state index in [1.807, 2.05) is 0 Å². The summed E-state index contributed by atoms with van der Waals surface area (Å²) in [5.41, 5.74) is 0. The number of carboxylic acids is 5. The van der Waals surface area contributed by atoms with Gasteiger partial charge in [-0.25, -0.2) is 0 Å². The zero-order valence-electron chi connectivity index (χ0n) is 12.7. The van der Waals surface area contributed by atoms with E-state index in [2.05, 4.69) is 0 Å². The Morgan fingerprint density at radius 1 is 0.455 bits per heavy atom. The van der Waals surface area contributed by atoms with Crippen molar-refractivity contribution in [2.75, 3.05) is 0 Å². The fourth-order valence-corrected chi connectivity index (χ4v) is 0. The Kier molecular flexibility index (Phi) is 71.5. The monoisotopic (exact) mass is 480 g/mol. The van der Waals surface area contributed by atoms with Crippen LogP contribution >= 0.6 is 0 Å². The molecule has 0 aliphatic carbocycles. The van der Waals surface area contributed by atoms with Gasteiger partial charge in [0, 0.05) is 29.8 Å². The molecule has 0 amide bonds. The van der Waals surface area contributed by atoms with Crippen LogP contribution in [0.1, 0.15) is 34.6 Å². The number of rotatable bonds is 0. The van der Waals surface area contributed by atoms with Crippen molar-refractivity contribution in [3.8, 4) is 0 Å².